The molecule has 0 radical (unpaired) electrons. The lowest BCUT2D eigenvalue weighted by Crippen LogP contribution is -2.50. The molecule has 148 valence electrons. The minimum atomic E-state index is -0.00288. The molecule has 0 atom stereocenters. The lowest BCUT2D eigenvalue weighted by Gasteiger charge is -2.34. The molecule has 1 aliphatic rings. The van der Waals surface area contributed by atoms with Gasteiger partial charge in [-0.1, -0.05) is 30.3 Å². The van der Waals surface area contributed by atoms with Gasteiger partial charge in [-0.3, -0.25) is 9.59 Å². The van der Waals surface area contributed by atoms with E-state index in [4.69, 9.17) is 4.98 Å². The first-order chi connectivity index (χ1) is 13.9. The Bertz CT molecular complexity index is 1100. The average Bonchev–Trinajstić information content (AvgIpc) is 2.74. The number of carbonyl (C=O) groups is 2. The van der Waals surface area contributed by atoms with Gasteiger partial charge < -0.3 is 9.80 Å². The summed E-state index contributed by atoms with van der Waals surface area (Å²) in [6.45, 7) is 8.00. The molecule has 0 spiro atoms. The van der Waals surface area contributed by atoms with Gasteiger partial charge >= 0.3 is 0 Å². The highest BCUT2D eigenvalue weighted by atomic mass is 16.2. The number of piperazine rings is 1. The summed E-state index contributed by atoms with van der Waals surface area (Å²) in [4.78, 5) is 33.4. The largest absolute Gasteiger partial charge is 0.339 e. The van der Waals surface area contributed by atoms with Crippen molar-refractivity contribution in [1.82, 2.24) is 14.8 Å². The maximum absolute atomic E-state index is 13.4. The lowest BCUT2D eigenvalue weighted by atomic mass is 10.00. The van der Waals surface area contributed by atoms with Crippen molar-refractivity contribution >= 4 is 22.7 Å². The molecule has 5 heteroatoms. The Morgan fingerprint density at radius 3 is 2.24 bits per heavy atom. The standard InChI is InChI=1S/C24H25N3O2/c1-16-8-9-19(14-17(16)2)23-15-21(20-6-4-5-7-22(20)25-23)24(29)27-12-10-26(11-13-27)18(3)28/h4-9,14-15H,10-13H2,1-3H3. The topological polar surface area (TPSA) is 53.5 Å². The van der Waals surface area contributed by atoms with E-state index in [-0.39, 0.29) is 11.8 Å². The first-order valence-electron chi connectivity index (χ1n) is 9.96. The summed E-state index contributed by atoms with van der Waals surface area (Å²) in [5.41, 5.74) is 5.72. The predicted molar refractivity (Wildman–Crippen MR) is 115 cm³/mol. The van der Waals surface area contributed by atoms with Crippen LogP contribution < -0.4 is 0 Å². The van der Waals surface area contributed by atoms with Crippen LogP contribution in [0.2, 0.25) is 0 Å². The summed E-state index contributed by atoms with van der Waals surface area (Å²) in [5, 5.41) is 0.860. The first kappa shape index (κ1) is 19.1. The molecule has 0 saturated carbocycles. The van der Waals surface area contributed by atoms with E-state index in [2.05, 4.69) is 32.0 Å². The molecule has 0 aliphatic carbocycles. The monoisotopic (exact) mass is 387 g/mol. The molecule has 2 amide bonds. The fourth-order valence-corrected chi connectivity index (χ4v) is 3.80. The fourth-order valence-electron chi connectivity index (χ4n) is 3.80. The van der Waals surface area contributed by atoms with Gasteiger partial charge in [-0.05, 0) is 43.2 Å². The zero-order valence-corrected chi connectivity index (χ0v) is 17.1. The van der Waals surface area contributed by atoms with Crippen molar-refractivity contribution < 1.29 is 9.59 Å². The Labute approximate surface area is 171 Å². The third-order valence-electron chi connectivity index (χ3n) is 5.76. The number of pyridine rings is 1. The van der Waals surface area contributed by atoms with Gasteiger partial charge in [-0.2, -0.15) is 0 Å². The molecule has 0 unspecified atom stereocenters. The van der Waals surface area contributed by atoms with E-state index in [1.54, 1.807) is 11.8 Å². The van der Waals surface area contributed by atoms with Crippen molar-refractivity contribution in [2.24, 2.45) is 0 Å². The Morgan fingerprint density at radius 2 is 1.55 bits per heavy atom. The highest BCUT2D eigenvalue weighted by Crippen LogP contribution is 2.27. The van der Waals surface area contributed by atoms with E-state index in [1.165, 1.54) is 11.1 Å². The van der Waals surface area contributed by atoms with E-state index in [1.807, 2.05) is 35.2 Å². The number of hydrogen-bond donors (Lipinski definition) is 0. The zero-order chi connectivity index (χ0) is 20.5. The maximum atomic E-state index is 13.4. The van der Waals surface area contributed by atoms with E-state index in [0.717, 1.165) is 22.2 Å². The van der Waals surface area contributed by atoms with Crippen molar-refractivity contribution in [1.29, 1.82) is 0 Å². The number of para-hydroxylation sites is 1. The van der Waals surface area contributed by atoms with Gasteiger partial charge in [0.1, 0.15) is 0 Å². The third-order valence-corrected chi connectivity index (χ3v) is 5.76. The van der Waals surface area contributed by atoms with Crippen molar-refractivity contribution in [3.8, 4) is 11.3 Å². The van der Waals surface area contributed by atoms with E-state index in [9.17, 15) is 9.59 Å². The molecular formula is C24H25N3O2. The lowest BCUT2D eigenvalue weighted by molar-refractivity contribution is -0.130. The first-order valence-corrected chi connectivity index (χ1v) is 9.96. The highest BCUT2D eigenvalue weighted by molar-refractivity contribution is 6.07. The van der Waals surface area contributed by atoms with Crippen LogP contribution in [-0.2, 0) is 4.79 Å². The van der Waals surface area contributed by atoms with Crippen molar-refractivity contribution in [3.63, 3.8) is 0 Å². The number of nitrogens with zero attached hydrogens (tertiary/aromatic N) is 3. The van der Waals surface area contributed by atoms with Crippen LogP contribution in [0.15, 0.2) is 48.5 Å². The van der Waals surface area contributed by atoms with Crippen LogP contribution in [0.5, 0.6) is 0 Å². The number of rotatable bonds is 2. The number of carbonyl (C=O) groups excluding carboxylic acids is 2. The van der Waals surface area contributed by atoms with Gasteiger partial charge in [0.25, 0.3) is 5.91 Å². The molecule has 29 heavy (non-hydrogen) atoms. The van der Waals surface area contributed by atoms with Crippen molar-refractivity contribution in [2.45, 2.75) is 20.8 Å². The molecular weight excluding hydrogens is 362 g/mol. The number of fused-ring (bicyclic) bond motifs is 1. The number of aromatic nitrogens is 1. The molecule has 4 rings (SSSR count). The zero-order valence-electron chi connectivity index (χ0n) is 17.1. The Balaban J connectivity index is 1.74. The number of hydrogen-bond acceptors (Lipinski definition) is 3. The van der Waals surface area contributed by atoms with E-state index in [0.29, 0.717) is 31.7 Å². The third kappa shape index (κ3) is 3.73. The average molecular weight is 387 g/mol. The molecule has 0 bridgehead atoms. The molecule has 3 aromatic rings. The molecule has 1 fully saturated rings. The maximum Gasteiger partial charge on any atom is 0.254 e. The Morgan fingerprint density at radius 1 is 0.862 bits per heavy atom. The van der Waals surface area contributed by atoms with Gasteiger partial charge in [0.15, 0.2) is 0 Å². The van der Waals surface area contributed by atoms with Crippen LogP contribution in [0.25, 0.3) is 22.2 Å². The summed E-state index contributed by atoms with van der Waals surface area (Å²) in [6.07, 6.45) is 0. The van der Waals surface area contributed by atoms with Crippen LogP contribution in [-0.4, -0.2) is 52.8 Å². The van der Waals surface area contributed by atoms with Gasteiger partial charge in [-0.15, -0.1) is 0 Å². The second-order valence-corrected chi connectivity index (χ2v) is 7.67. The van der Waals surface area contributed by atoms with E-state index >= 15 is 0 Å². The highest BCUT2D eigenvalue weighted by Gasteiger charge is 2.25. The number of benzene rings is 2. The van der Waals surface area contributed by atoms with Gasteiger partial charge in [0.05, 0.1) is 16.8 Å². The predicted octanol–water partition coefficient (Wildman–Crippen LogP) is 3.82. The Hall–Kier alpha value is -3.21. The summed E-state index contributed by atoms with van der Waals surface area (Å²) < 4.78 is 0. The number of aryl methyl sites for hydroxylation is 2. The van der Waals surface area contributed by atoms with Crippen LogP contribution in [0.3, 0.4) is 0 Å². The summed E-state index contributed by atoms with van der Waals surface area (Å²) in [7, 11) is 0. The minimum Gasteiger partial charge on any atom is -0.339 e. The fraction of sp³-hybridized carbons (Fsp3) is 0.292. The molecule has 0 N–H and O–H groups in total. The van der Waals surface area contributed by atoms with Crippen LogP contribution in [0.1, 0.15) is 28.4 Å². The summed E-state index contributed by atoms with van der Waals surface area (Å²) in [6, 6.07) is 15.9. The molecule has 1 aromatic heterocycles. The summed E-state index contributed by atoms with van der Waals surface area (Å²) >= 11 is 0. The second-order valence-electron chi connectivity index (χ2n) is 7.67. The molecule has 2 aromatic carbocycles. The molecule has 5 nitrogen and oxygen atoms in total. The van der Waals surface area contributed by atoms with Gasteiger partial charge in [0, 0.05) is 44.1 Å². The summed E-state index contributed by atoms with van der Waals surface area (Å²) in [5.74, 6) is 0.0559. The number of amides is 2. The minimum absolute atomic E-state index is 0.00288. The van der Waals surface area contributed by atoms with Crippen LogP contribution >= 0.6 is 0 Å². The van der Waals surface area contributed by atoms with E-state index < -0.39 is 0 Å². The van der Waals surface area contributed by atoms with Crippen molar-refractivity contribution in [2.75, 3.05) is 26.2 Å². The van der Waals surface area contributed by atoms with Crippen LogP contribution in [0, 0.1) is 13.8 Å². The van der Waals surface area contributed by atoms with Gasteiger partial charge in [-0.25, -0.2) is 4.98 Å². The molecule has 2 heterocycles. The quantitative estimate of drug-likeness (QED) is 0.672. The Kier molecular flexibility index (Phi) is 5.05. The van der Waals surface area contributed by atoms with Crippen LogP contribution in [0.4, 0.5) is 0 Å². The SMILES string of the molecule is CC(=O)N1CCN(C(=O)c2cc(-c3ccc(C)c(C)c3)nc3ccccc23)CC1. The normalized spacial score (nSPS) is 14.3. The smallest absolute Gasteiger partial charge is 0.254 e. The van der Waals surface area contributed by atoms with Crippen molar-refractivity contribution in [3.05, 3.63) is 65.2 Å². The molecule has 1 aliphatic heterocycles. The molecule has 1 saturated heterocycles. The second kappa shape index (κ2) is 7.66. The van der Waals surface area contributed by atoms with Gasteiger partial charge in [0.2, 0.25) is 5.91 Å².